The second-order valence-corrected chi connectivity index (χ2v) is 6.08. The van der Waals surface area contributed by atoms with Gasteiger partial charge in [-0.2, -0.15) is 0 Å². The highest BCUT2D eigenvalue weighted by molar-refractivity contribution is 9.10. The van der Waals surface area contributed by atoms with Crippen molar-refractivity contribution in [3.8, 4) is 0 Å². The summed E-state index contributed by atoms with van der Waals surface area (Å²) < 4.78 is 0.689. The Morgan fingerprint density at radius 3 is 2.79 bits per heavy atom. The van der Waals surface area contributed by atoms with E-state index in [0.29, 0.717) is 21.3 Å². The van der Waals surface area contributed by atoms with Crippen LogP contribution in [0.2, 0.25) is 0 Å². The minimum atomic E-state index is -0.406. The molecular formula is C13H18BrN3O2. The quantitative estimate of drug-likeness (QED) is 0.632. The van der Waals surface area contributed by atoms with Crippen LogP contribution in [-0.2, 0) is 0 Å². The summed E-state index contributed by atoms with van der Waals surface area (Å²) in [7, 11) is 0. The monoisotopic (exact) mass is 327 g/mol. The Bertz CT molecular complexity index is 501. The number of halogens is 1. The molecule has 0 unspecified atom stereocenters. The van der Waals surface area contributed by atoms with Crippen molar-refractivity contribution in [3.05, 3.63) is 26.3 Å². The highest BCUT2D eigenvalue weighted by atomic mass is 79.9. The van der Waals surface area contributed by atoms with Crippen LogP contribution in [0, 0.1) is 22.5 Å². The normalized spacial score (nSPS) is 16.2. The van der Waals surface area contributed by atoms with Crippen LogP contribution in [0.25, 0.3) is 0 Å². The van der Waals surface area contributed by atoms with Gasteiger partial charge in [0.2, 0.25) is 0 Å². The van der Waals surface area contributed by atoms with Crippen LogP contribution in [0.5, 0.6) is 0 Å². The number of anilines is 1. The zero-order valence-corrected chi connectivity index (χ0v) is 12.8. The standard InChI is InChI=1S/C13H18BrN3O2/c1-3-4-13(5-6-13)8-16-12-11(14)9(2)10(7-15-12)17(18)19/h7H,3-6,8H2,1-2H3,(H,15,16). The number of pyridine rings is 1. The lowest BCUT2D eigenvalue weighted by atomic mass is 10.0. The molecule has 0 atom stereocenters. The summed E-state index contributed by atoms with van der Waals surface area (Å²) in [5.41, 5.74) is 1.08. The molecule has 1 heterocycles. The fourth-order valence-electron chi connectivity index (χ4n) is 2.37. The Kier molecular flexibility index (Phi) is 4.08. The Hall–Kier alpha value is -1.17. The van der Waals surface area contributed by atoms with Gasteiger partial charge in [-0.3, -0.25) is 10.1 Å². The van der Waals surface area contributed by atoms with Crippen molar-refractivity contribution < 1.29 is 4.92 Å². The van der Waals surface area contributed by atoms with Crippen molar-refractivity contribution in [1.29, 1.82) is 0 Å². The molecule has 1 N–H and O–H groups in total. The fraction of sp³-hybridized carbons (Fsp3) is 0.615. The van der Waals surface area contributed by atoms with Crippen molar-refractivity contribution in [2.45, 2.75) is 39.5 Å². The molecule has 1 saturated carbocycles. The van der Waals surface area contributed by atoms with E-state index in [-0.39, 0.29) is 5.69 Å². The smallest absolute Gasteiger partial charge is 0.291 e. The van der Waals surface area contributed by atoms with Gasteiger partial charge in [0.05, 0.1) is 9.40 Å². The third-order valence-corrected chi connectivity index (χ3v) is 4.77. The van der Waals surface area contributed by atoms with Gasteiger partial charge >= 0.3 is 0 Å². The molecule has 0 amide bonds. The van der Waals surface area contributed by atoms with Gasteiger partial charge in [0.15, 0.2) is 0 Å². The van der Waals surface area contributed by atoms with Crippen molar-refractivity contribution in [3.63, 3.8) is 0 Å². The van der Waals surface area contributed by atoms with E-state index in [9.17, 15) is 10.1 Å². The maximum atomic E-state index is 10.8. The Labute approximate surface area is 121 Å². The minimum absolute atomic E-state index is 0.0483. The van der Waals surface area contributed by atoms with Gasteiger partial charge in [-0.25, -0.2) is 4.98 Å². The van der Waals surface area contributed by atoms with Crippen molar-refractivity contribution >= 4 is 27.4 Å². The molecule has 0 radical (unpaired) electrons. The SMILES string of the molecule is CCCC1(CNc2ncc([N+](=O)[O-])c(C)c2Br)CC1. The predicted molar refractivity (Wildman–Crippen MR) is 78.4 cm³/mol. The van der Waals surface area contributed by atoms with E-state index >= 15 is 0 Å². The lowest BCUT2D eigenvalue weighted by Crippen LogP contribution is -2.16. The summed E-state index contributed by atoms with van der Waals surface area (Å²) in [6.45, 7) is 4.82. The van der Waals surface area contributed by atoms with E-state index < -0.39 is 4.92 Å². The Balaban J connectivity index is 2.09. The van der Waals surface area contributed by atoms with E-state index in [2.05, 4.69) is 33.2 Å². The number of hydrogen-bond acceptors (Lipinski definition) is 4. The molecule has 1 aliphatic rings. The highest BCUT2D eigenvalue weighted by Crippen LogP contribution is 2.49. The van der Waals surface area contributed by atoms with Crippen LogP contribution in [-0.4, -0.2) is 16.5 Å². The van der Waals surface area contributed by atoms with Crippen molar-refractivity contribution in [1.82, 2.24) is 4.98 Å². The van der Waals surface area contributed by atoms with Crippen LogP contribution in [0.4, 0.5) is 11.5 Å². The van der Waals surface area contributed by atoms with E-state index in [1.54, 1.807) is 6.92 Å². The summed E-state index contributed by atoms with van der Waals surface area (Å²) in [5, 5.41) is 14.1. The zero-order chi connectivity index (χ0) is 14.0. The average molecular weight is 328 g/mol. The summed E-state index contributed by atoms with van der Waals surface area (Å²) in [5.74, 6) is 0.700. The first-order chi connectivity index (χ1) is 8.99. The molecule has 1 fully saturated rings. The fourth-order valence-corrected chi connectivity index (χ4v) is 2.82. The number of nitro groups is 1. The minimum Gasteiger partial charge on any atom is -0.369 e. The Morgan fingerprint density at radius 1 is 1.58 bits per heavy atom. The van der Waals surface area contributed by atoms with Gasteiger partial charge in [0.25, 0.3) is 5.69 Å². The molecule has 1 aliphatic carbocycles. The van der Waals surface area contributed by atoms with Gasteiger partial charge in [-0.1, -0.05) is 13.3 Å². The molecular weight excluding hydrogens is 310 g/mol. The third-order valence-electron chi connectivity index (χ3n) is 3.80. The lowest BCUT2D eigenvalue weighted by molar-refractivity contribution is -0.385. The molecule has 104 valence electrons. The van der Waals surface area contributed by atoms with Crippen LogP contribution in [0.3, 0.4) is 0 Å². The van der Waals surface area contributed by atoms with Crippen LogP contribution in [0.1, 0.15) is 38.2 Å². The van der Waals surface area contributed by atoms with E-state index in [1.807, 2.05) is 0 Å². The topological polar surface area (TPSA) is 68.1 Å². The van der Waals surface area contributed by atoms with E-state index in [4.69, 9.17) is 0 Å². The largest absolute Gasteiger partial charge is 0.369 e. The lowest BCUT2D eigenvalue weighted by Gasteiger charge is -2.16. The van der Waals surface area contributed by atoms with E-state index in [0.717, 1.165) is 6.54 Å². The summed E-state index contributed by atoms with van der Waals surface area (Å²) in [4.78, 5) is 14.6. The predicted octanol–water partition coefficient (Wildman–Crippen LogP) is 4.05. The van der Waals surface area contributed by atoms with Crippen LogP contribution < -0.4 is 5.32 Å². The van der Waals surface area contributed by atoms with Crippen molar-refractivity contribution in [2.24, 2.45) is 5.41 Å². The van der Waals surface area contributed by atoms with Gasteiger partial charge in [0.1, 0.15) is 12.0 Å². The molecule has 5 nitrogen and oxygen atoms in total. The van der Waals surface area contributed by atoms with E-state index in [1.165, 1.54) is 31.9 Å². The molecule has 2 rings (SSSR count). The maximum Gasteiger partial charge on any atom is 0.291 e. The Morgan fingerprint density at radius 2 is 2.26 bits per heavy atom. The zero-order valence-electron chi connectivity index (χ0n) is 11.2. The van der Waals surface area contributed by atoms with Crippen molar-refractivity contribution in [2.75, 3.05) is 11.9 Å². The molecule has 0 saturated heterocycles. The number of aromatic nitrogens is 1. The molecule has 0 spiro atoms. The summed E-state index contributed by atoms with van der Waals surface area (Å²) >= 11 is 3.40. The number of nitrogens with one attached hydrogen (secondary N) is 1. The third kappa shape index (κ3) is 3.05. The number of nitrogens with zero attached hydrogens (tertiary/aromatic N) is 2. The molecule has 0 bridgehead atoms. The summed E-state index contributed by atoms with van der Waals surface area (Å²) in [6.07, 6.45) is 6.26. The van der Waals surface area contributed by atoms with Gasteiger partial charge in [0, 0.05) is 12.1 Å². The molecule has 0 aromatic carbocycles. The van der Waals surface area contributed by atoms with Gasteiger partial charge in [-0.15, -0.1) is 0 Å². The second kappa shape index (κ2) is 5.45. The van der Waals surface area contributed by atoms with Gasteiger partial charge < -0.3 is 5.32 Å². The molecule has 1 aromatic heterocycles. The van der Waals surface area contributed by atoms with Gasteiger partial charge in [-0.05, 0) is 47.5 Å². The van der Waals surface area contributed by atoms with Crippen LogP contribution in [0.15, 0.2) is 10.7 Å². The molecule has 6 heteroatoms. The molecule has 19 heavy (non-hydrogen) atoms. The molecule has 1 aromatic rings. The van der Waals surface area contributed by atoms with Crippen LogP contribution >= 0.6 is 15.9 Å². The highest BCUT2D eigenvalue weighted by Gasteiger charge is 2.41. The number of rotatable bonds is 6. The first-order valence-corrected chi connectivity index (χ1v) is 7.32. The first-order valence-electron chi connectivity index (χ1n) is 6.52. The molecule has 0 aliphatic heterocycles. The second-order valence-electron chi connectivity index (χ2n) is 5.29. The maximum absolute atomic E-state index is 10.8. The first kappa shape index (κ1) is 14.2. The number of hydrogen-bond donors (Lipinski definition) is 1. The average Bonchev–Trinajstić information content (AvgIpc) is 3.11. The summed E-state index contributed by atoms with van der Waals surface area (Å²) in [6, 6.07) is 0.